The molecule has 28 heavy (non-hydrogen) atoms. The average molecular weight is 379 g/mol. The van der Waals surface area contributed by atoms with Gasteiger partial charge in [-0.15, -0.1) is 0 Å². The lowest BCUT2D eigenvalue weighted by atomic mass is 10.0. The highest BCUT2D eigenvalue weighted by Crippen LogP contribution is 2.18. The van der Waals surface area contributed by atoms with Crippen LogP contribution in [0.15, 0.2) is 58.1 Å². The zero-order valence-electron chi connectivity index (χ0n) is 16.4. The summed E-state index contributed by atoms with van der Waals surface area (Å²) >= 11 is 0. The van der Waals surface area contributed by atoms with E-state index >= 15 is 0 Å². The van der Waals surface area contributed by atoms with E-state index in [1.165, 1.54) is 9.13 Å². The number of carbonyl (C=O) groups is 1. The van der Waals surface area contributed by atoms with Crippen molar-refractivity contribution in [2.45, 2.75) is 46.2 Å². The van der Waals surface area contributed by atoms with Gasteiger partial charge in [0.15, 0.2) is 0 Å². The summed E-state index contributed by atoms with van der Waals surface area (Å²) in [6, 6.07) is 14.6. The van der Waals surface area contributed by atoms with Gasteiger partial charge in [-0.25, -0.2) is 4.79 Å². The van der Waals surface area contributed by atoms with Gasteiger partial charge in [0.2, 0.25) is 5.91 Å². The number of nitrogens with zero attached hydrogens (tertiary/aromatic N) is 2. The summed E-state index contributed by atoms with van der Waals surface area (Å²) in [4.78, 5) is 38.1. The Kier molecular flexibility index (Phi) is 5.78. The molecule has 146 valence electrons. The maximum absolute atomic E-state index is 12.9. The van der Waals surface area contributed by atoms with Gasteiger partial charge in [-0.2, -0.15) is 0 Å². The molecule has 6 heteroatoms. The molecule has 0 saturated heterocycles. The first kappa shape index (κ1) is 19.6. The van der Waals surface area contributed by atoms with E-state index < -0.39 is 5.69 Å². The van der Waals surface area contributed by atoms with Crippen LogP contribution in [0, 0.1) is 0 Å². The summed E-state index contributed by atoms with van der Waals surface area (Å²) in [6.07, 6.45) is 0.654. The maximum Gasteiger partial charge on any atom is 0.331 e. The molecule has 1 amide bonds. The third-order valence-corrected chi connectivity index (χ3v) is 4.72. The molecule has 0 aliphatic heterocycles. The predicted octanol–water partition coefficient (Wildman–Crippen LogP) is 3.34. The maximum atomic E-state index is 12.9. The number of carbonyl (C=O) groups excluding carboxylic acids is 1. The highest BCUT2D eigenvalue weighted by molar-refractivity contribution is 5.91. The van der Waals surface area contributed by atoms with Gasteiger partial charge in [-0.3, -0.25) is 18.7 Å². The third kappa shape index (κ3) is 3.91. The Bertz CT molecular complexity index is 1130. The van der Waals surface area contributed by atoms with Crippen molar-refractivity contribution in [1.29, 1.82) is 0 Å². The van der Waals surface area contributed by atoms with Crippen LogP contribution in [0.25, 0.3) is 10.9 Å². The van der Waals surface area contributed by atoms with Crippen LogP contribution in [-0.2, 0) is 17.9 Å². The molecule has 0 radical (unpaired) electrons. The molecule has 3 rings (SSSR count). The van der Waals surface area contributed by atoms with E-state index in [9.17, 15) is 14.4 Å². The molecule has 6 nitrogen and oxygen atoms in total. The number of nitrogens with one attached hydrogen (secondary N) is 1. The Hall–Kier alpha value is -3.15. The molecule has 1 heterocycles. The fraction of sp³-hybridized carbons (Fsp3) is 0.318. The van der Waals surface area contributed by atoms with Gasteiger partial charge in [-0.1, -0.05) is 45.0 Å². The van der Waals surface area contributed by atoms with E-state index in [4.69, 9.17) is 0 Å². The molecule has 0 aliphatic carbocycles. The largest absolute Gasteiger partial charge is 0.331 e. The molecule has 0 bridgehead atoms. The van der Waals surface area contributed by atoms with E-state index in [0.29, 0.717) is 35.5 Å². The number of hydrogen-bond acceptors (Lipinski definition) is 3. The summed E-state index contributed by atoms with van der Waals surface area (Å²) in [6.45, 7) is 6.24. The smallest absolute Gasteiger partial charge is 0.325 e. The monoisotopic (exact) mass is 379 g/mol. The summed E-state index contributed by atoms with van der Waals surface area (Å²) in [5, 5.41) is 3.29. The van der Waals surface area contributed by atoms with E-state index in [1.807, 2.05) is 31.2 Å². The Labute approximate surface area is 163 Å². The van der Waals surface area contributed by atoms with Gasteiger partial charge in [0.1, 0.15) is 6.54 Å². The first-order valence-electron chi connectivity index (χ1n) is 9.54. The highest BCUT2D eigenvalue weighted by Gasteiger charge is 2.15. The van der Waals surface area contributed by atoms with E-state index in [2.05, 4.69) is 19.2 Å². The molecule has 0 saturated carbocycles. The minimum absolute atomic E-state index is 0.157. The molecule has 0 atom stereocenters. The third-order valence-electron chi connectivity index (χ3n) is 4.72. The van der Waals surface area contributed by atoms with Crippen molar-refractivity contribution in [3.8, 4) is 0 Å². The molecule has 2 aromatic carbocycles. The van der Waals surface area contributed by atoms with Crippen LogP contribution in [0.5, 0.6) is 0 Å². The zero-order chi connectivity index (χ0) is 20.3. The van der Waals surface area contributed by atoms with E-state index in [1.54, 1.807) is 24.3 Å². The Balaban J connectivity index is 1.98. The lowest BCUT2D eigenvalue weighted by molar-refractivity contribution is -0.116. The number of benzene rings is 2. The summed E-state index contributed by atoms with van der Waals surface area (Å²) in [7, 11) is 0. The van der Waals surface area contributed by atoms with Gasteiger partial charge in [0, 0.05) is 12.2 Å². The SMILES string of the molecule is CCCn1c(=O)c2ccccc2n(CC(=O)Nc2cccc(C(C)C)c2)c1=O. The first-order chi connectivity index (χ1) is 13.4. The number of rotatable bonds is 6. The second kappa shape index (κ2) is 8.25. The van der Waals surface area contributed by atoms with E-state index in [0.717, 1.165) is 5.56 Å². The number of amides is 1. The zero-order valence-corrected chi connectivity index (χ0v) is 16.4. The Morgan fingerprint density at radius 2 is 1.79 bits per heavy atom. The van der Waals surface area contributed by atoms with Crippen molar-refractivity contribution in [2.75, 3.05) is 5.32 Å². The van der Waals surface area contributed by atoms with Crippen molar-refractivity contribution >= 4 is 22.5 Å². The van der Waals surface area contributed by atoms with Crippen molar-refractivity contribution in [2.24, 2.45) is 0 Å². The van der Waals surface area contributed by atoms with Gasteiger partial charge in [0.25, 0.3) is 5.56 Å². The summed E-state index contributed by atoms with van der Waals surface area (Å²) < 4.78 is 2.57. The van der Waals surface area contributed by atoms with Crippen LogP contribution in [0.2, 0.25) is 0 Å². The topological polar surface area (TPSA) is 73.1 Å². The summed E-state index contributed by atoms with van der Waals surface area (Å²) in [5.74, 6) is 0.0378. The lowest BCUT2D eigenvalue weighted by Crippen LogP contribution is -2.41. The summed E-state index contributed by atoms with van der Waals surface area (Å²) in [5.41, 5.74) is 1.50. The first-order valence-corrected chi connectivity index (χ1v) is 9.54. The van der Waals surface area contributed by atoms with Crippen LogP contribution < -0.4 is 16.6 Å². The van der Waals surface area contributed by atoms with Gasteiger partial charge < -0.3 is 5.32 Å². The van der Waals surface area contributed by atoms with Crippen molar-refractivity contribution in [1.82, 2.24) is 9.13 Å². The van der Waals surface area contributed by atoms with E-state index in [-0.39, 0.29) is 18.0 Å². The number of fused-ring (bicyclic) bond motifs is 1. The van der Waals surface area contributed by atoms with Gasteiger partial charge >= 0.3 is 5.69 Å². The van der Waals surface area contributed by atoms with Gasteiger partial charge in [0.05, 0.1) is 10.9 Å². The highest BCUT2D eigenvalue weighted by atomic mass is 16.2. The minimum atomic E-state index is -0.461. The van der Waals surface area contributed by atoms with Crippen molar-refractivity contribution < 1.29 is 4.79 Å². The molecular weight excluding hydrogens is 354 g/mol. The van der Waals surface area contributed by atoms with Crippen LogP contribution >= 0.6 is 0 Å². The van der Waals surface area contributed by atoms with Crippen LogP contribution in [-0.4, -0.2) is 15.0 Å². The average Bonchev–Trinajstić information content (AvgIpc) is 2.68. The fourth-order valence-corrected chi connectivity index (χ4v) is 3.26. The molecule has 1 aromatic heterocycles. The lowest BCUT2D eigenvalue weighted by Gasteiger charge is -2.14. The van der Waals surface area contributed by atoms with Crippen molar-refractivity contribution in [3.63, 3.8) is 0 Å². The molecule has 3 aromatic rings. The van der Waals surface area contributed by atoms with Gasteiger partial charge in [-0.05, 0) is 42.2 Å². The standard InChI is InChI=1S/C22H25N3O3/c1-4-12-24-21(27)18-10-5-6-11-19(18)25(22(24)28)14-20(26)23-17-9-7-8-16(13-17)15(2)3/h5-11,13,15H,4,12,14H2,1-3H3,(H,23,26). The van der Waals surface area contributed by atoms with Crippen LogP contribution in [0.1, 0.15) is 38.7 Å². The second-order valence-electron chi connectivity index (χ2n) is 7.17. The molecule has 0 fully saturated rings. The number of aromatic nitrogens is 2. The Morgan fingerprint density at radius 1 is 1.04 bits per heavy atom. The number of para-hydroxylation sites is 1. The van der Waals surface area contributed by atoms with Crippen LogP contribution in [0.4, 0.5) is 5.69 Å². The number of anilines is 1. The Morgan fingerprint density at radius 3 is 2.50 bits per heavy atom. The fourth-order valence-electron chi connectivity index (χ4n) is 3.26. The second-order valence-corrected chi connectivity index (χ2v) is 7.17. The predicted molar refractivity (Wildman–Crippen MR) is 112 cm³/mol. The van der Waals surface area contributed by atoms with Crippen molar-refractivity contribution in [3.05, 3.63) is 74.9 Å². The molecule has 0 unspecified atom stereocenters. The van der Waals surface area contributed by atoms with Crippen LogP contribution in [0.3, 0.4) is 0 Å². The molecule has 1 N–H and O–H groups in total. The molecule has 0 spiro atoms. The number of hydrogen-bond donors (Lipinski definition) is 1. The molecular formula is C22H25N3O3. The normalized spacial score (nSPS) is 11.1. The minimum Gasteiger partial charge on any atom is -0.325 e. The quantitative estimate of drug-likeness (QED) is 0.714. The molecule has 0 aliphatic rings.